The van der Waals surface area contributed by atoms with Gasteiger partial charge in [0.1, 0.15) is 16.3 Å². The summed E-state index contributed by atoms with van der Waals surface area (Å²) in [6.45, 7) is 0.329. The molecule has 33 heavy (non-hydrogen) atoms. The van der Waals surface area contributed by atoms with E-state index in [1.807, 2.05) is 0 Å². The molecule has 4 fully saturated rings. The van der Waals surface area contributed by atoms with E-state index in [2.05, 4.69) is 15.4 Å². The average molecular weight is 480 g/mol. The molecule has 6 rings (SSSR count). The molecule has 1 amide bonds. The second kappa shape index (κ2) is 6.37. The molecule has 0 bridgehead atoms. The van der Waals surface area contributed by atoms with Crippen LogP contribution in [-0.4, -0.2) is 31.1 Å². The molecule has 11 heteroatoms. The first kappa shape index (κ1) is 21.1. The third-order valence-electron chi connectivity index (χ3n) is 8.01. The summed E-state index contributed by atoms with van der Waals surface area (Å²) in [7, 11) is -3.14. The molecule has 4 saturated carbocycles. The van der Waals surface area contributed by atoms with E-state index in [9.17, 15) is 22.2 Å². The van der Waals surface area contributed by atoms with Crippen LogP contribution in [0, 0.1) is 21.5 Å². The van der Waals surface area contributed by atoms with Crippen molar-refractivity contribution in [3.8, 4) is 0 Å². The summed E-state index contributed by atoms with van der Waals surface area (Å²) in [4.78, 5) is 17.1. The molecule has 0 unspecified atom stereocenters. The fraction of sp³-hybridized carbons (Fsp3) is 0.591. The van der Waals surface area contributed by atoms with Crippen LogP contribution in [0.1, 0.15) is 66.2 Å². The number of hydrogen-bond donors (Lipinski definition) is 2. The minimum atomic E-state index is -4.71. The van der Waals surface area contributed by atoms with Gasteiger partial charge in [0, 0.05) is 30.6 Å². The SMILES string of the molecule is C[S@@](=N)(=O)c1cc(NC(=O)c2c(C(F)(F)F)c(C3CC3)nn2CC2C3(CC3)C23CC3)ccn1. The van der Waals surface area contributed by atoms with Gasteiger partial charge in [0.05, 0.1) is 15.4 Å². The topological polar surface area (TPSA) is 101 Å². The number of nitrogens with zero attached hydrogens (tertiary/aromatic N) is 3. The summed E-state index contributed by atoms with van der Waals surface area (Å²) in [6, 6.07) is 2.67. The van der Waals surface area contributed by atoms with Gasteiger partial charge in [0.25, 0.3) is 5.91 Å². The van der Waals surface area contributed by atoms with Crippen LogP contribution in [0.25, 0.3) is 0 Å². The number of hydrogen-bond acceptors (Lipinski definition) is 5. The third-order valence-corrected chi connectivity index (χ3v) is 9.03. The second-order valence-electron chi connectivity index (χ2n) is 10.1. The van der Waals surface area contributed by atoms with Crippen LogP contribution in [0.3, 0.4) is 0 Å². The fourth-order valence-corrected chi connectivity index (χ4v) is 6.59. The number of pyridine rings is 1. The van der Waals surface area contributed by atoms with Crippen molar-refractivity contribution in [1.29, 1.82) is 4.78 Å². The van der Waals surface area contributed by atoms with Crippen LogP contribution in [0.2, 0.25) is 0 Å². The Morgan fingerprint density at radius 2 is 1.91 bits per heavy atom. The molecule has 2 spiro atoms. The van der Waals surface area contributed by atoms with Gasteiger partial charge in [0.2, 0.25) is 0 Å². The van der Waals surface area contributed by atoms with E-state index >= 15 is 0 Å². The Morgan fingerprint density at radius 1 is 1.27 bits per heavy atom. The molecular formula is C22H24F3N5O2S. The van der Waals surface area contributed by atoms with Crippen molar-refractivity contribution < 1.29 is 22.2 Å². The van der Waals surface area contributed by atoms with Gasteiger partial charge >= 0.3 is 6.18 Å². The molecule has 2 aromatic heterocycles. The summed E-state index contributed by atoms with van der Waals surface area (Å²) in [5.41, 5.74) is -0.748. The standard InChI is InChI=1S/C22H24F3N5O2S/c1-33(26,32)15-10-13(4-9-27-15)28-19(31)18-16(22(23,24)25)17(12-2-3-12)29-30(18)11-14-20(5-6-20)21(14)7-8-21/h4,9-10,12,14,26H,2-3,5-8,11H2,1H3,(H,27,28,31)/t33-/m1/s1. The van der Waals surface area contributed by atoms with Gasteiger partial charge in [-0.25, -0.2) is 14.0 Å². The normalized spacial score (nSPS) is 24.0. The van der Waals surface area contributed by atoms with Crippen molar-refractivity contribution >= 4 is 21.3 Å². The van der Waals surface area contributed by atoms with Crippen LogP contribution < -0.4 is 5.32 Å². The Balaban J connectivity index is 1.38. The summed E-state index contributed by atoms with van der Waals surface area (Å²) < 4.78 is 63.6. The van der Waals surface area contributed by atoms with Crippen LogP contribution in [-0.2, 0) is 22.5 Å². The van der Waals surface area contributed by atoms with Crippen LogP contribution >= 0.6 is 0 Å². The molecule has 0 aromatic carbocycles. The van der Waals surface area contributed by atoms with Crippen molar-refractivity contribution in [3.63, 3.8) is 0 Å². The largest absolute Gasteiger partial charge is 0.420 e. The van der Waals surface area contributed by atoms with Gasteiger partial charge in [-0.2, -0.15) is 18.3 Å². The number of fused-ring (bicyclic) bond motifs is 1. The summed E-state index contributed by atoms with van der Waals surface area (Å²) in [6.07, 6.45) is 3.51. The van der Waals surface area contributed by atoms with Gasteiger partial charge in [-0.3, -0.25) is 9.48 Å². The molecule has 7 nitrogen and oxygen atoms in total. The average Bonchev–Trinajstić information content (AvgIpc) is 3.56. The molecule has 2 aromatic rings. The Morgan fingerprint density at radius 3 is 2.42 bits per heavy atom. The van der Waals surface area contributed by atoms with E-state index in [0.29, 0.717) is 19.4 Å². The Labute approximate surface area is 189 Å². The summed E-state index contributed by atoms with van der Waals surface area (Å²) >= 11 is 0. The van der Waals surface area contributed by atoms with Crippen molar-refractivity contribution in [3.05, 3.63) is 35.3 Å². The molecule has 4 aliphatic rings. The quantitative estimate of drug-likeness (QED) is 0.630. The summed E-state index contributed by atoms with van der Waals surface area (Å²) in [5, 5.41) is 6.84. The number of alkyl halides is 3. The smallest absolute Gasteiger partial charge is 0.320 e. The van der Waals surface area contributed by atoms with E-state index in [1.54, 1.807) is 0 Å². The molecule has 1 atom stereocenters. The highest BCUT2D eigenvalue weighted by molar-refractivity contribution is 7.91. The molecule has 2 N–H and O–H groups in total. The minimum Gasteiger partial charge on any atom is -0.320 e. The van der Waals surface area contributed by atoms with Gasteiger partial charge in [-0.05, 0) is 67.4 Å². The van der Waals surface area contributed by atoms with E-state index in [0.717, 1.165) is 25.7 Å². The first-order valence-corrected chi connectivity index (χ1v) is 13.1. The maximum atomic E-state index is 14.2. The van der Waals surface area contributed by atoms with Gasteiger partial charge in [-0.1, -0.05) is 0 Å². The lowest BCUT2D eigenvalue weighted by Gasteiger charge is -2.13. The number of rotatable bonds is 6. The fourth-order valence-electron chi connectivity index (χ4n) is 5.98. The molecule has 0 saturated heterocycles. The van der Waals surface area contributed by atoms with Crippen molar-refractivity contribution in [1.82, 2.24) is 14.8 Å². The second-order valence-corrected chi connectivity index (χ2v) is 12.2. The monoisotopic (exact) mass is 479 g/mol. The number of amides is 1. The highest BCUT2D eigenvalue weighted by Crippen LogP contribution is 2.92. The molecule has 2 heterocycles. The molecule has 176 valence electrons. The number of nitrogens with one attached hydrogen (secondary N) is 2. The Kier molecular flexibility index (Phi) is 4.08. The van der Waals surface area contributed by atoms with E-state index in [-0.39, 0.29) is 39.1 Å². The lowest BCUT2D eigenvalue weighted by Crippen LogP contribution is -2.23. The molecular weight excluding hydrogens is 455 g/mol. The van der Waals surface area contributed by atoms with Gasteiger partial charge < -0.3 is 5.32 Å². The number of carbonyl (C=O) groups excluding carboxylic acids is 1. The van der Waals surface area contributed by atoms with Gasteiger partial charge in [0.15, 0.2) is 0 Å². The highest BCUT2D eigenvalue weighted by Gasteiger charge is 2.86. The number of aromatic nitrogens is 3. The maximum absolute atomic E-state index is 14.2. The van der Waals surface area contributed by atoms with Crippen LogP contribution in [0.5, 0.6) is 0 Å². The Hall–Kier alpha value is -2.43. The first-order chi connectivity index (χ1) is 15.5. The van der Waals surface area contributed by atoms with Crippen LogP contribution in [0.15, 0.2) is 23.4 Å². The van der Waals surface area contributed by atoms with Gasteiger partial charge in [-0.15, -0.1) is 0 Å². The van der Waals surface area contributed by atoms with Crippen molar-refractivity contribution in [2.45, 2.75) is 62.2 Å². The predicted octanol–water partition coefficient (Wildman–Crippen LogP) is 4.65. The third kappa shape index (κ3) is 3.22. The van der Waals surface area contributed by atoms with Crippen molar-refractivity contribution in [2.24, 2.45) is 16.7 Å². The summed E-state index contributed by atoms with van der Waals surface area (Å²) in [5.74, 6) is -0.883. The predicted molar refractivity (Wildman–Crippen MR) is 113 cm³/mol. The molecule has 4 aliphatic carbocycles. The first-order valence-electron chi connectivity index (χ1n) is 11.2. The zero-order chi connectivity index (χ0) is 23.4. The van der Waals surface area contributed by atoms with E-state index in [1.165, 1.54) is 29.3 Å². The lowest BCUT2D eigenvalue weighted by atomic mass is 10.1. The van der Waals surface area contributed by atoms with E-state index in [4.69, 9.17) is 4.78 Å². The Bertz CT molecular complexity index is 1270. The van der Waals surface area contributed by atoms with Crippen LogP contribution in [0.4, 0.5) is 18.9 Å². The zero-order valence-electron chi connectivity index (χ0n) is 18.0. The maximum Gasteiger partial charge on any atom is 0.420 e. The van der Waals surface area contributed by atoms with Crippen molar-refractivity contribution in [2.75, 3.05) is 11.6 Å². The molecule has 0 aliphatic heterocycles. The van der Waals surface area contributed by atoms with E-state index < -0.39 is 33.1 Å². The zero-order valence-corrected chi connectivity index (χ0v) is 18.9. The molecule has 0 radical (unpaired) electrons. The highest BCUT2D eigenvalue weighted by atomic mass is 32.2. The minimum absolute atomic E-state index is 0.0267. The number of anilines is 1. The number of carbonyl (C=O) groups is 1. The lowest BCUT2D eigenvalue weighted by molar-refractivity contribution is -0.138. The number of halogens is 3.